The van der Waals surface area contributed by atoms with Crippen LogP contribution in [0.1, 0.15) is 26.1 Å². The second-order valence-electron chi connectivity index (χ2n) is 3.72. The largest absolute Gasteiger partial charge is 0.354 e. The molecule has 0 unspecified atom stereocenters. The van der Waals surface area contributed by atoms with Crippen LogP contribution in [0, 0.1) is 0 Å². The lowest BCUT2D eigenvalue weighted by Gasteiger charge is -2.07. The van der Waals surface area contributed by atoms with Crippen molar-refractivity contribution in [3.63, 3.8) is 0 Å². The molecule has 2 aromatic heterocycles. The molecule has 2 heterocycles. The van der Waals surface area contributed by atoms with Crippen LogP contribution in [0.25, 0.3) is 5.95 Å². The Hall–Kier alpha value is -1.69. The number of nitrogens with one attached hydrogen (secondary N) is 1. The van der Waals surface area contributed by atoms with E-state index in [-0.39, 0.29) is 5.28 Å². The molecule has 0 aromatic carbocycles. The van der Waals surface area contributed by atoms with Crippen LogP contribution in [0.5, 0.6) is 0 Å². The van der Waals surface area contributed by atoms with E-state index < -0.39 is 0 Å². The van der Waals surface area contributed by atoms with Gasteiger partial charge in [-0.15, -0.1) is 0 Å². The molecule has 7 heteroatoms. The Morgan fingerprint density at radius 2 is 2.11 bits per heavy atom. The van der Waals surface area contributed by atoms with Crippen molar-refractivity contribution in [2.45, 2.75) is 26.7 Å². The van der Waals surface area contributed by atoms with Gasteiger partial charge in [-0.05, 0) is 24.9 Å². The van der Waals surface area contributed by atoms with Crippen LogP contribution in [0.15, 0.2) is 12.4 Å². The van der Waals surface area contributed by atoms with Gasteiger partial charge in [0.2, 0.25) is 17.2 Å². The molecule has 6 nitrogen and oxygen atoms in total. The summed E-state index contributed by atoms with van der Waals surface area (Å²) in [5, 5.41) is 3.19. The molecule has 2 rings (SSSR count). The lowest BCUT2D eigenvalue weighted by atomic mass is 10.3. The summed E-state index contributed by atoms with van der Waals surface area (Å²) in [4.78, 5) is 16.7. The van der Waals surface area contributed by atoms with Gasteiger partial charge in [0, 0.05) is 25.4 Å². The monoisotopic (exact) mass is 266 g/mol. The van der Waals surface area contributed by atoms with Gasteiger partial charge in [-0.1, -0.05) is 6.92 Å². The molecule has 0 radical (unpaired) electrons. The molecule has 96 valence electrons. The average molecular weight is 267 g/mol. The van der Waals surface area contributed by atoms with E-state index in [2.05, 4.69) is 32.2 Å². The summed E-state index contributed by atoms with van der Waals surface area (Å²) in [6.07, 6.45) is 5.44. The number of aryl methyl sites for hydroxylation is 1. The Bertz CT molecular complexity index is 524. The average Bonchev–Trinajstić information content (AvgIpc) is 2.77. The first kappa shape index (κ1) is 12.8. The van der Waals surface area contributed by atoms with E-state index in [1.54, 1.807) is 6.20 Å². The molecule has 0 fully saturated rings. The van der Waals surface area contributed by atoms with Crippen molar-refractivity contribution in [1.82, 2.24) is 24.5 Å². The summed E-state index contributed by atoms with van der Waals surface area (Å²) in [6, 6.07) is 0. The Kier molecular flexibility index (Phi) is 4.09. The molecule has 0 atom stereocenters. The molecular weight excluding hydrogens is 252 g/mol. The maximum absolute atomic E-state index is 5.90. The van der Waals surface area contributed by atoms with E-state index in [1.807, 2.05) is 17.7 Å². The van der Waals surface area contributed by atoms with Gasteiger partial charge in [-0.25, -0.2) is 4.98 Å². The molecule has 0 saturated carbocycles. The van der Waals surface area contributed by atoms with E-state index in [9.17, 15) is 0 Å². The van der Waals surface area contributed by atoms with Gasteiger partial charge in [0.15, 0.2) is 0 Å². The predicted octanol–water partition coefficient (Wildman–Crippen LogP) is 2.09. The number of rotatable bonds is 5. The molecule has 2 aromatic rings. The fraction of sp³-hybridized carbons (Fsp3) is 0.455. The zero-order valence-corrected chi connectivity index (χ0v) is 11.1. The number of hydrogen-bond donors (Lipinski definition) is 1. The SMILES string of the molecule is CCCc1nccn1-c1nc(Cl)nc(NCC)n1. The van der Waals surface area contributed by atoms with Crippen LogP contribution in [0.2, 0.25) is 5.28 Å². The van der Waals surface area contributed by atoms with Crippen molar-refractivity contribution in [3.8, 4) is 5.95 Å². The van der Waals surface area contributed by atoms with Gasteiger partial charge >= 0.3 is 0 Å². The Morgan fingerprint density at radius 1 is 1.28 bits per heavy atom. The molecule has 0 spiro atoms. The lowest BCUT2D eigenvalue weighted by Crippen LogP contribution is -2.10. The van der Waals surface area contributed by atoms with Gasteiger partial charge in [0.05, 0.1) is 0 Å². The van der Waals surface area contributed by atoms with Crippen LogP contribution in [0.3, 0.4) is 0 Å². The highest BCUT2D eigenvalue weighted by molar-refractivity contribution is 6.28. The number of halogens is 1. The summed E-state index contributed by atoms with van der Waals surface area (Å²) in [6.45, 7) is 4.80. The van der Waals surface area contributed by atoms with Crippen LogP contribution < -0.4 is 5.32 Å². The minimum absolute atomic E-state index is 0.173. The normalized spacial score (nSPS) is 10.6. The van der Waals surface area contributed by atoms with Gasteiger partial charge < -0.3 is 5.32 Å². The van der Waals surface area contributed by atoms with E-state index in [0.29, 0.717) is 11.9 Å². The molecular formula is C11H15ClN6. The zero-order valence-electron chi connectivity index (χ0n) is 10.4. The zero-order chi connectivity index (χ0) is 13.0. The number of aromatic nitrogens is 5. The Morgan fingerprint density at radius 3 is 2.83 bits per heavy atom. The first-order chi connectivity index (χ1) is 8.74. The second-order valence-corrected chi connectivity index (χ2v) is 4.06. The van der Waals surface area contributed by atoms with Gasteiger partial charge in [0.25, 0.3) is 0 Å². The summed E-state index contributed by atoms with van der Waals surface area (Å²) in [7, 11) is 0. The quantitative estimate of drug-likeness (QED) is 0.897. The standard InChI is InChI=1S/C11H15ClN6/c1-3-5-8-14-6-7-18(8)11-16-9(12)15-10(17-11)13-4-2/h6-7H,3-5H2,1-2H3,(H,13,15,16,17). The summed E-state index contributed by atoms with van der Waals surface area (Å²) in [5.41, 5.74) is 0. The number of imidazole rings is 1. The smallest absolute Gasteiger partial charge is 0.241 e. The van der Waals surface area contributed by atoms with Crippen LogP contribution in [-0.2, 0) is 6.42 Å². The summed E-state index contributed by atoms with van der Waals surface area (Å²) < 4.78 is 1.83. The minimum Gasteiger partial charge on any atom is -0.354 e. The highest BCUT2D eigenvalue weighted by atomic mass is 35.5. The van der Waals surface area contributed by atoms with Crippen molar-refractivity contribution >= 4 is 17.5 Å². The highest BCUT2D eigenvalue weighted by Crippen LogP contribution is 2.12. The third-order valence-corrected chi connectivity index (χ3v) is 2.51. The second kappa shape index (κ2) is 5.77. The third-order valence-electron chi connectivity index (χ3n) is 2.34. The summed E-state index contributed by atoms with van der Waals surface area (Å²) >= 11 is 5.90. The molecule has 0 aliphatic heterocycles. The molecule has 0 bridgehead atoms. The Labute approximate surface area is 110 Å². The first-order valence-corrected chi connectivity index (χ1v) is 6.30. The van der Waals surface area contributed by atoms with E-state index in [0.717, 1.165) is 25.2 Å². The number of anilines is 1. The third kappa shape index (κ3) is 2.76. The van der Waals surface area contributed by atoms with E-state index in [4.69, 9.17) is 11.6 Å². The topological polar surface area (TPSA) is 68.5 Å². The first-order valence-electron chi connectivity index (χ1n) is 5.92. The van der Waals surface area contributed by atoms with Crippen molar-refractivity contribution in [2.24, 2.45) is 0 Å². The fourth-order valence-electron chi connectivity index (χ4n) is 1.61. The maximum atomic E-state index is 5.90. The van der Waals surface area contributed by atoms with Crippen molar-refractivity contribution in [1.29, 1.82) is 0 Å². The molecule has 0 saturated heterocycles. The van der Waals surface area contributed by atoms with Crippen LogP contribution >= 0.6 is 11.6 Å². The molecule has 1 N–H and O–H groups in total. The van der Waals surface area contributed by atoms with Crippen molar-refractivity contribution in [2.75, 3.05) is 11.9 Å². The molecule has 0 aliphatic rings. The predicted molar refractivity (Wildman–Crippen MR) is 70.1 cm³/mol. The lowest BCUT2D eigenvalue weighted by molar-refractivity contribution is 0.776. The van der Waals surface area contributed by atoms with E-state index in [1.165, 1.54) is 0 Å². The molecule has 18 heavy (non-hydrogen) atoms. The molecule has 0 aliphatic carbocycles. The van der Waals surface area contributed by atoms with Crippen LogP contribution in [0.4, 0.5) is 5.95 Å². The number of nitrogens with zero attached hydrogens (tertiary/aromatic N) is 5. The van der Waals surface area contributed by atoms with Gasteiger partial charge in [-0.2, -0.15) is 15.0 Å². The maximum Gasteiger partial charge on any atom is 0.241 e. The van der Waals surface area contributed by atoms with Crippen molar-refractivity contribution < 1.29 is 0 Å². The van der Waals surface area contributed by atoms with Gasteiger partial charge in [0.1, 0.15) is 5.82 Å². The van der Waals surface area contributed by atoms with Crippen molar-refractivity contribution in [3.05, 3.63) is 23.5 Å². The number of hydrogen-bond acceptors (Lipinski definition) is 5. The molecule has 0 amide bonds. The summed E-state index contributed by atoms with van der Waals surface area (Å²) in [5.74, 6) is 1.89. The fourth-order valence-corrected chi connectivity index (χ4v) is 1.77. The highest BCUT2D eigenvalue weighted by Gasteiger charge is 2.10. The minimum atomic E-state index is 0.173. The van der Waals surface area contributed by atoms with Gasteiger partial charge in [-0.3, -0.25) is 4.57 Å². The van der Waals surface area contributed by atoms with Crippen LogP contribution in [-0.4, -0.2) is 31.0 Å². The van der Waals surface area contributed by atoms with E-state index >= 15 is 0 Å². The Balaban J connectivity index is 2.39.